The summed E-state index contributed by atoms with van der Waals surface area (Å²) in [5.41, 5.74) is 1.65. The van der Waals surface area contributed by atoms with Gasteiger partial charge in [-0.3, -0.25) is 4.79 Å². The van der Waals surface area contributed by atoms with Gasteiger partial charge in [0.05, 0.1) is 18.2 Å². The first-order chi connectivity index (χ1) is 10.3. The molecule has 0 spiro atoms. The number of rotatable bonds is 3. The lowest BCUT2D eigenvalue weighted by Crippen LogP contribution is -2.32. The predicted molar refractivity (Wildman–Crippen MR) is 82.8 cm³/mol. The summed E-state index contributed by atoms with van der Waals surface area (Å²) < 4.78 is 5.62. The normalized spacial score (nSPS) is 16.7. The maximum Gasteiger partial charge on any atom is 0.254 e. The Hall–Kier alpha value is -2.01. The maximum absolute atomic E-state index is 12.5. The number of benzene rings is 1. The van der Waals surface area contributed by atoms with Gasteiger partial charge in [0, 0.05) is 18.2 Å². The topological polar surface area (TPSA) is 51.2 Å². The highest BCUT2D eigenvalue weighted by Crippen LogP contribution is 2.32. The lowest BCUT2D eigenvalue weighted by Gasteiger charge is -2.26. The average molecular weight is 300 g/mol. The van der Waals surface area contributed by atoms with E-state index in [1.54, 1.807) is 18.3 Å². The zero-order chi connectivity index (χ0) is 14.7. The third-order valence-electron chi connectivity index (χ3n) is 3.47. The molecule has 0 saturated heterocycles. The summed E-state index contributed by atoms with van der Waals surface area (Å²) in [7, 11) is 0. The summed E-state index contributed by atoms with van der Waals surface area (Å²) in [5.74, 6) is 0.763. The standard InChI is InChI=1S/C16H16N2O2S/c1-21-16-12(6-4-9-17-16)15(19)18-13-8-10-20-14-7-3-2-5-11(13)14/h2-7,9,13H,8,10H2,1H3,(H,18,19)/t13-/m0/s1. The molecule has 0 aliphatic carbocycles. The monoisotopic (exact) mass is 300 g/mol. The van der Waals surface area contributed by atoms with Crippen molar-refractivity contribution in [2.75, 3.05) is 12.9 Å². The molecule has 2 aromatic rings. The van der Waals surface area contributed by atoms with Gasteiger partial charge in [-0.05, 0) is 24.5 Å². The molecule has 1 aliphatic heterocycles. The lowest BCUT2D eigenvalue weighted by atomic mass is 10.0. The SMILES string of the molecule is CSc1ncccc1C(=O)N[C@H]1CCOc2ccccc21. The Kier molecular flexibility index (Phi) is 4.10. The van der Waals surface area contributed by atoms with Crippen molar-refractivity contribution in [2.45, 2.75) is 17.5 Å². The second-order valence-corrected chi connectivity index (χ2v) is 5.56. The van der Waals surface area contributed by atoms with Crippen molar-refractivity contribution in [1.29, 1.82) is 0 Å². The third kappa shape index (κ3) is 2.88. The van der Waals surface area contributed by atoms with Gasteiger partial charge in [0.2, 0.25) is 0 Å². The number of ether oxygens (including phenoxy) is 1. The molecule has 21 heavy (non-hydrogen) atoms. The van der Waals surface area contributed by atoms with Crippen molar-refractivity contribution < 1.29 is 9.53 Å². The van der Waals surface area contributed by atoms with Crippen LogP contribution < -0.4 is 10.1 Å². The first-order valence-electron chi connectivity index (χ1n) is 6.81. The summed E-state index contributed by atoms with van der Waals surface area (Å²) in [6.07, 6.45) is 4.40. The van der Waals surface area contributed by atoms with Gasteiger partial charge in [0.25, 0.3) is 5.91 Å². The second kappa shape index (κ2) is 6.18. The third-order valence-corrected chi connectivity index (χ3v) is 4.18. The predicted octanol–water partition coefficient (Wildman–Crippen LogP) is 3.06. The Bertz CT molecular complexity index is 660. The van der Waals surface area contributed by atoms with E-state index in [9.17, 15) is 4.79 Å². The van der Waals surface area contributed by atoms with Gasteiger partial charge in [-0.15, -0.1) is 11.8 Å². The molecule has 4 nitrogen and oxygen atoms in total. The maximum atomic E-state index is 12.5. The van der Waals surface area contributed by atoms with Crippen LogP contribution >= 0.6 is 11.8 Å². The van der Waals surface area contributed by atoms with Crippen molar-refractivity contribution >= 4 is 17.7 Å². The van der Waals surface area contributed by atoms with E-state index in [1.165, 1.54) is 11.8 Å². The van der Waals surface area contributed by atoms with Crippen molar-refractivity contribution in [2.24, 2.45) is 0 Å². The summed E-state index contributed by atoms with van der Waals surface area (Å²) in [6, 6.07) is 11.4. The molecule has 5 heteroatoms. The number of aromatic nitrogens is 1. The van der Waals surface area contributed by atoms with Crippen LogP contribution in [0.2, 0.25) is 0 Å². The van der Waals surface area contributed by atoms with Crippen molar-refractivity contribution in [1.82, 2.24) is 10.3 Å². The van der Waals surface area contributed by atoms with Gasteiger partial charge in [-0.25, -0.2) is 4.98 Å². The Labute approximate surface area is 127 Å². The number of para-hydroxylation sites is 1. The number of hydrogen-bond donors (Lipinski definition) is 1. The fourth-order valence-corrected chi connectivity index (χ4v) is 3.00. The molecule has 0 unspecified atom stereocenters. The molecule has 0 saturated carbocycles. The molecule has 2 heterocycles. The van der Waals surface area contributed by atoms with E-state index in [0.29, 0.717) is 12.2 Å². The van der Waals surface area contributed by atoms with E-state index in [1.807, 2.05) is 30.5 Å². The van der Waals surface area contributed by atoms with Crippen molar-refractivity contribution in [3.05, 3.63) is 53.7 Å². The minimum atomic E-state index is -0.0887. The molecule has 1 amide bonds. The van der Waals surface area contributed by atoms with E-state index in [-0.39, 0.29) is 11.9 Å². The quantitative estimate of drug-likeness (QED) is 0.885. The van der Waals surface area contributed by atoms with Crippen LogP contribution in [0.1, 0.15) is 28.4 Å². The van der Waals surface area contributed by atoms with Gasteiger partial charge < -0.3 is 10.1 Å². The molecule has 1 aromatic carbocycles. The van der Waals surface area contributed by atoms with Crippen LogP contribution in [0.3, 0.4) is 0 Å². The Balaban J connectivity index is 1.83. The number of thioether (sulfide) groups is 1. The van der Waals surface area contributed by atoms with E-state index in [0.717, 1.165) is 22.8 Å². The van der Waals surface area contributed by atoms with Crippen LogP contribution in [0.5, 0.6) is 5.75 Å². The largest absolute Gasteiger partial charge is 0.493 e. The van der Waals surface area contributed by atoms with E-state index in [4.69, 9.17) is 4.74 Å². The smallest absolute Gasteiger partial charge is 0.254 e. The van der Waals surface area contributed by atoms with E-state index >= 15 is 0 Å². The van der Waals surface area contributed by atoms with Crippen LogP contribution in [0.15, 0.2) is 47.6 Å². The minimum absolute atomic E-state index is 0.0163. The van der Waals surface area contributed by atoms with Crippen molar-refractivity contribution in [3.8, 4) is 5.75 Å². The first kappa shape index (κ1) is 13.9. The molecule has 0 radical (unpaired) electrons. The Morgan fingerprint density at radius 2 is 2.19 bits per heavy atom. The van der Waals surface area contributed by atoms with Gasteiger partial charge in [0.15, 0.2) is 0 Å². The molecular formula is C16H16N2O2S. The number of nitrogens with one attached hydrogen (secondary N) is 1. The number of carbonyl (C=O) groups excluding carboxylic acids is 1. The molecular weight excluding hydrogens is 284 g/mol. The van der Waals surface area contributed by atoms with Crippen LogP contribution in [-0.2, 0) is 0 Å². The van der Waals surface area contributed by atoms with Crippen LogP contribution in [0.25, 0.3) is 0 Å². The molecule has 3 rings (SSSR count). The average Bonchev–Trinajstić information content (AvgIpc) is 2.55. The van der Waals surface area contributed by atoms with Crippen LogP contribution in [0, 0.1) is 0 Å². The highest BCUT2D eigenvalue weighted by Gasteiger charge is 2.24. The molecule has 1 aromatic heterocycles. The summed E-state index contributed by atoms with van der Waals surface area (Å²) in [6.45, 7) is 0.615. The number of hydrogen-bond acceptors (Lipinski definition) is 4. The van der Waals surface area contributed by atoms with Gasteiger partial charge >= 0.3 is 0 Å². The molecule has 1 atom stereocenters. The number of carbonyl (C=O) groups is 1. The summed E-state index contributed by atoms with van der Waals surface area (Å²) in [4.78, 5) is 16.7. The van der Waals surface area contributed by atoms with Gasteiger partial charge in [0.1, 0.15) is 10.8 Å². The number of nitrogens with zero attached hydrogens (tertiary/aromatic N) is 1. The van der Waals surface area contributed by atoms with Gasteiger partial charge in [-0.1, -0.05) is 18.2 Å². The molecule has 1 N–H and O–H groups in total. The zero-order valence-corrected chi connectivity index (χ0v) is 12.5. The van der Waals surface area contributed by atoms with Gasteiger partial charge in [-0.2, -0.15) is 0 Å². The Morgan fingerprint density at radius 1 is 1.33 bits per heavy atom. The van der Waals surface area contributed by atoms with Crippen molar-refractivity contribution in [3.63, 3.8) is 0 Å². The fourth-order valence-electron chi connectivity index (χ4n) is 2.45. The first-order valence-corrected chi connectivity index (χ1v) is 8.03. The molecule has 1 aliphatic rings. The van der Waals surface area contributed by atoms with Crippen LogP contribution in [-0.4, -0.2) is 23.8 Å². The van der Waals surface area contributed by atoms with E-state index in [2.05, 4.69) is 10.3 Å². The summed E-state index contributed by atoms with van der Waals surface area (Å²) >= 11 is 1.47. The zero-order valence-electron chi connectivity index (χ0n) is 11.7. The minimum Gasteiger partial charge on any atom is -0.493 e. The summed E-state index contributed by atoms with van der Waals surface area (Å²) in [5, 5.41) is 3.84. The molecule has 0 bridgehead atoms. The molecule has 108 valence electrons. The van der Waals surface area contributed by atoms with E-state index < -0.39 is 0 Å². The van der Waals surface area contributed by atoms with Crippen LogP contribution in [0.4, 0.5) is 0 Å². The number of amides is 1. The molecule has 0 fully saturated rings. The fraction of sp³-hybridized carbons (Fsp3) is 0.250. The highest BCUT2D eigenvalue weighted by atomic mass is 32.2. The number of fused-ring (bicyclic) bond motifs is 1. The number of pyridine rings is 1. The second-order valence-electron chi connectivity index (χ2n) is 4.76. The highest BCUT2D eigenvalue weighted by molar-refractivity contribution is 7.98. The lowest BCUT2D eigenvalue weighted by molar-refractivity contribution is 0.0921. The Morgan fingerprint density at radius 3 is 3.05 bits per heavy atom.